The van der Waals surface area contributed by atoms with Crippen LogP contribution in [-0.2, 0) is 19.3 Å². The molecular formula is C23H26F2N4S. The number of nitrogens with zero attached hydrogens (tertiary/aromatic N) is 3. The van der Waals surface area contributed by atoms with Crippen molar-refractivity contribution in [1.82, 2.24) is 14.9 Å². The number of aryl methyl sites for hydroxylation is 2. The van der Waals surface area contributed by atoms with Gasteiger partial charge in [0.15, 0.2) is 0 Å². The van der Waals surface area contributed by atoms with E-state index in [1.807, 2.05) is 11.3 Å². The van der Waals surface area contributed by atoms with Crippen molar-refractivity contribution in [2.45, 2.75) is 51.0 Å². The molecule has 0 amide bonds. The summed E-state index contributed by atoms with van der Waals surface area (Å²) >= 11 is 1.83. The monoisotopic (exact) mass is 428 g/mol. The fourth-order valence-electron chi connectivity index (χ4n) is 4.74. The number of benzene rings is 1. The first-order chi connectivity index (χ1) is 14.7. The van der Waals surface area contributed by atoms with E-state index in [0.29, 0.717) is 12.5 Å². The Labute approximate surface area is 179 Å². The number of hydrogen-bond acceptors (Lipinski definition) is 5. The van der Waals surface area contributed by atoms with Crippen LogP contribution in [0.15, 0.2) is 24.5 Å². The molecule has 0 spiro atoms. The fraction of sp³-hybridized carbons (Fsp3) is 0.478. The van der Waals surface area contributed by atoms with Gasteiger partial charge in [-0.15, -0.1) is 11.3 Å². The molecule has 0 atom stereocenters. The molecule has 4 nitrogen and oxygen atoms in total. The highest BCUT2D eigenvalue weighted by molar-refractivity contribution is 7.19. The first-order valence-corrected chi connectivity index (χ1v) is 11.7. The van der Waals surface area contributed by atoms with Crippen molar-refractivity contribution in [1.29, 1.82) is 0 Å². The van der Waals surface area contributed by atoms with Crippen LogP contribution in [0.25, 0.3) is 10.2 Å². The molecule has 2 aliphatic rings. The molecule has 0 radical (unpaired) electrons. The van der Waals surface area contributed by atoms with Crippen LogP contribution in [0.5, 0.6) is 0 Å². The third kappa shape index (κ3) is 4.18. The highest BCUT2D eigenvalue weighted by Gasteiger charge is 2.23. The second-order valence-corrected chi connectivity index (χ2v) is 9.48. The largest absolute Gasteiger partial charge is 0.367 e. The van der Waals surface area contributed by atoms with Crippen LogP contribution in [-0.4, -0.2) is 40.5 Å². The summed E-state index contributed by atoms with van der Waals surface area (Å²) in [6.45, 7) is 2.78. The number of fused-ring (bicyclic) bond motifs is 3. The molecule has 1 fully saturated rings. The van der Waals surface area contributed by atoms with Crippen LogP contribution in [0.4, 0.5) is 14.6 Å². The molecule has 3 aromatic rings. The van der Waals surface area contributed by atoms with Crippen LogP contribution in [0.1, 0.15) is 41.7 Å². The van der Waals surface area contributed by atoms with E-state index in [4.69, 9.17) is 0 Å². The topological polar surface area (TPSA) is 41.0 Å². The second kappa shape index (κ2) is 8.55. The van der Waals surface area contributed by atoms with Gasteiger partial charge in [-0.1, -0.05) is 0 Å². The molecule has 1 aromatic carbocycles. The lowest BCUT2D eigenvalue weighted by molar-refractivity contribution is 0.221. The third-order valence-corrected chi connectivity index (χ3v) is 7.52. The Kier molecular flexibility index (Phi) is 5.65. The Balaban J connectivity index is 1.20. The molecule has 1 saturated heterocycles. The summed E-state index contributed by atoms with van der Waals surface area (Å²) in [4.78, 5) is 14.1. The number of anilines is 1. The summed E-state index contributed by atoms with van der Waals surface area (Å²) in [6.07, 6.45) is 9.25. The van der Waals surface area contributed by atoms with Gasteiger partial charge in [-0.25, -0.2) is 18.7 Å². The Morgan fingerprint density at radius 3 is 2.60 bits per heavy atom. The number of hydrogen-bond donors (Lipinski definition) is 1. The lowest BCUT2D eigenvalue weighted by Gasteiger charge is -2.32. The number of likely N-dealkylation sites (tertiary alicyclic amines) is 1. The number of rotatable bonds is 5. The molecule has 2 aromatic heterocycles. The first kappa shape index (κ1) is 19.8. The molecule has 5 rings (SSSR count). The molecule has 0 bridgehead atoms. The average Bonchev–Trinajstić information content (AvgIpc) is 3.12. The zero-order chi connectivity index (χ0) is 20.5. The molecule has 30 heavy (non-hydrogen) atoms. The van der Waals surface area contributed by atoms with Gasteiger partial charge in [-0.2, -0.15) is 0 Å². The maximum absolute atomic E-state index is 13.4. The van der Waals surface area contributed by atoms with Gasteiger partial charge in [-0.3, -0.25) is 0 Å². The van der Waals surface area contributed by atoms with Gasteiger partial charge in [0.05, 0.1) is 5.39 Å². The Morgan fingerprint density at radius 2 is 1.80 bits per heavy atom. The normalized spacial score (nSPS) is 17.9. The second-order valence-electron chi connectivity index (χ2n) is 8.40. The smallest absolute Gasteiger partial charge is 0.138 e. The van der Waals surface area contributed by atoms with E-state index in [0.717, 1.165) is 61.2 Å². The van der Waals surface area contributed by atoms with Gasteiger partial charge in [0, 0.05) is 36.6 Å². The van der Waals surface area contributed by atoms with E-state index in [1.165, 1.54) is 47.2 Å². The molecule has 1 aliphatic carbocycles. The van der Waals surface area contributed by atoms with E-state index in [9.17, 15) is 8.78 Å². The summed E-state index contributed by atoms with van der Waals surface area (Å²) in [5.41, 5.74) is 2.18. The van der Waals surface area contributed by atoms with Crippen molar-refractivity contribution < 1.29 is 8.78 Å². The van der Waals surface area contributed by atoms with E-state index >= 15 is 0 Å². The molecule has 0 saturated carbocycles. The van der Waals surface area contributed by atoms with Crippen LogP contribution >= 0.6 is 11.3 Å². The maximum Gasteiger partial charge on any atom is 0.138 e. The number of thiophene rings is 1. The van der Waals surface area contributed by atoms with Crippen molar-refractivity contribution in [2.75, 3.05) is 25.0 Å². The Morgan fingerprint density at radius 1 is 1.03 bits per heavy atom. The van der Waals surface area contributed by atoms with E-state index in [2.05, 4.69) is 20.2 Å². The standard InChI is InChI=1S/C23H26F2N4S/c24-16-11-15(12-17(25)13-16)5-8-29-9-6-18(7-10-29)28-22-21-19-3-1-2-4-20(19)30-23(21)27-14-26-22/h11-14,18H,1-10H2,(H,26,27,28). The zero-order valence-electron chi connectivity index (χ0n) is 17.0. The van der Waals surface area contributed by atoms with Crippen molar-refractivity contribution in [2.24, 2.45) is 0 Å². The van der Waals surface area contributed by atoms with E-state index in [1.54, 1.807) is 6.33 Å². The highest BCUT2D eigenvalue weighted by atomic mass is 32.1. The van der Waals surface area contributed by atoms with Gasteiger partial charge in [0.2, 0.25) is 0 Å². The van der Waals surface area contributed by atoms with Crippen molar-refractivity contribution in [3.63, 3.8) is 0 Å². The fourth-order valence-corrected chi connectivity index (χ4v) is 5.97. The molecule has 158 valence electrons. The predicted octanol–water partition coefficient (Wildman–Crippen LogP) is 4.97. The molecule has 7 heteroatoms. The Bertz CT molecular complexity index is 1020. The van der Waals surface area contributed by atoms with E-state index < -0.39 is 11.6 Å². The summed E-state index contributed by atoms with van der Waals surface area (Å²) in [5.74, 6) is -0.00697. The first-order valence-electron chi connectivity index (χ1n) is 10.8. The molecule has 0 unspecified atom stereocenters. The van der Waals surface area contributed by atoms with Crippen LogP contribution in [0, 0.1) is 11.6 Å². The van der Waals surface area contributed by atoms with Gasteiger partial charge in [0.1, 0.15) is 28.6 Å². The highest BCUT2D eigenvalue weighted by Crippen LogP contribution is 2.38. The number of piperidine rings is 1. The lowest BCUT2D eigenvalue weighted by atomic mass is 9.96. The van der Waals surface area contributed by atoms with Gasteiger partial charge in [-0.05, 0) is 68.2 Å². The van der Waals surface area contributed by atoms with Crippen molar-refractivity contribution in [3.05, 3.63) is 52.2 Å². The van der Waals surface area contributed by atoms with Crippen LogP contribution in [0.3, 0.4) is 0 Å². The summed E-state index contributed by atoms with van der Waals surface area (Å²) in [5, 5.41) is 4.94. The van der Waals surface area contributed by atoms with Gasteiger partial charge in [0.25, 0.3) is 0 Å². The van der Waals surface area contributed by atoms with Crippen LogP contribution in [0.2, 0.25) is 0 Å². The average molecular weight is 429 g/mol. The third-order valence-electron chi connectivity index (χ3n) is 6.32. The predicted molar refractivity (Wildman–Crippen MR) is 117 cm³/mol. The molecule has 1 N–H and O–H groups in total. The van der Waals surface area contributed by atoms with E-state index in [-0.39, 0.29) is 0 Å². The zero-order valence-corrected chi connectivity index (χ0v) is 17.8. The lowest BCUT2D eigenvalue weighted by Crippen LogP contribution is -2.40. The Hall–Kier alpha value is -2.12. The quantitative estimate of drug-likeness (QED) is 0.623. The number of nitrogens with one attached hydrogen (secondary N) is 1. The van der Waals surface area contributed by atoms with Crippen molar-refractivity contribution in [3.8, 4) is 0 Å². The van der Waals surface area contributed by atoms with Crippen LogP contribution < -0.4 is 5.32 Å². The van der Waals surface area contributed by atoms with Crippen molar-refractivity contribution >= 4 is 27.4 Å². The molecule has 1 aliphatic heterocycles. The minimum atomic E-state index is -0.500. The SMILES string of the molecule is Fc1cc(F)cc(CCN2CCC(Nc3ncnc4sc5c(c34)CCCC5)CC2)c1. The molecule has 3 heterocycles. The maximum atomic E-state index is 13.4. The summed E-state index contributed by atoms with van der Waals surface area (Å²) in [7, 11) is 0. The minimum Gasteiger partial charge on any atom is -0.367 e. The number of halogens is 2. The number of aromatic nitrogens is 2. The van der Waals surface area contributed by atoms with Gasteiger partial charge >= 0.3 is 0 Å². The van der Waals surface area contributed by atoms with Gasteiger partial charge < -0.3 is 10.2 Å². The summed E-state index contributed by atoms with van der Waals surface area (Å²) < 4.78 is 26.7. The molecular weight excluding hydrogens is 402 g/mol. The minimum absolute atomic E-state index is 0.394. The summed E-state index contributed by atoms with van der Waals surface area (Å²) in [6, 6.07) is 4.18.